The standard InChI is InChI=1S/C62H115NO5/c1-3-5-7-9-11-13-14-15-16-26-30-33-36-40-44-48-52-56-62(67)68-57-53-49-45-41-37-34-31-28-25-23-21-19-17-18-20-22-24-27-29-32-35-39-43-47-51-55-61(66)63-59(58-64)60(65)54-50-46-42-38-12-10-8-6-4-2/h11,13,15-16,18-21,59-60,64-65H,3-10,12,14,17,22-58H2,1-2H3,(H,63,66)/b13-11-,16-15-,20-18-,21-19-. The van der Waals surface area contributed by atoms with Crippen molar-refractivity contribution < 1.29 is 24.5 Å². The SMILES string of the molecule is CCCCC/C=C\C/C=C\CCCCCCCCCC(=O)OCCCCCCCCCCC/C=C\C/C=C\CCCCCCCCCCCC(=O)NC(CO)C(O)CCCCCCCCCCC. The highest BCUT2D eigenvalue weighted by molar-refractivity contribution is 5.76. The molecule has 1 amide bonds. The first kappa shape index (κ1) is 65.8. The van der Waals surface area contributed by atoms with Gasteiger partial charge in [0.05, 0.1) is 25.4 Å². The van der Waals surface area contributed by atoms with Gasteiger partial charge in [0.25, 0.3) is 0 Å². The molecule has 0 spiro atoms. The lowest BCUT2D eigenvalue weighted by molar-refractivity contribution is -0.143. The monoisotopic (exact) mass is 954 g/mol. The van der Waals surface area contributed by atoms with Gasteiger partial charge in [-0.3, -0.25) is 9.59 Å². The lowest BCUT2D eigenvalue weighted by Gasteiger charge is -2.22. The molecule has 0 rings (SSSR count). The fraction of sp³-hybridized carbons (Fsp3) is 0.839. The number of carbonyl (C=O) groups is 2. The van der Waals surface area contributed by atoms with Crippen LogP contribution in [-0.2, 0) is 14.3 Å². The molecule has 0 aliphatic carbocycles. The number of hydrogen-bond acceptors (Lipinski definition) is 5. The zero-order chi connectivity index (χ0) is 49.3. The van der Waals surface area contributed by atoms with Crippen LogP contribution in [0.3, 0.4) is 0 Å². The third kappa shape index (κ3) is 53.2. The molecule has 0 aliphatic heterocycles. The summed E-state index contributed by atoms with van der Waals surface area (Å²) in [6.45, 7) is 4.90. The summed E-state index contributed by atoms with van der Waals surface area (Å²) in [6, 6.07) is -0.545. The summed E-state index contributed by atoms with van der Waals surface area (Å²) >= 11 is 0. The topological polar surface area (TPSA) is 95.9 Å². The molecule has 0 saturated carbocycles. The predicted molar refractivity (Wildman–Crippen MR) is 296 cm³/mol. The zero-order valence-corrected chi connectivity index (χ0v) is 45.3. The number of unbranched alkanes of at least 4 members (excludes halogenated alkanes) is 36. The Labute approximate surface area is 423 Å². The number of carbonyl (C=O) groups excluding carboxylic acids is 2. The first-order valence-corrected chi connectivity index (χ1v) is 29.9. The van der Waals surface area contributed by atoms with Gasteiger partial charge in [-0.1, -0.05) is 255 Å². The number of hydrogen-bond donors (Lipinski definition) is 3. The van der Waals surface area contributed by atoms with E-state index in [1.54, 1.807) is 0 Å². The summed E-state index contributed by atoms with van der Waals surface area (Å²) in [4.78, 5) is 24.5. The van der Waals surface area contributed by atoms with Crippen molar-refractivity contribution in [3.63, 3.8) is 0 Å². The predicted octanol–water partition coefficient (Wildman–Crippen LogP) is 18.6. The lowest BCUT2D eigenvalue weighted by Crippen LogP contribution is -2.45. The van der Waals surface area contributed by atoms with Crippen LogP contribution in [0.25, 0.3) is 0 Å². The minimum Gasteiger partial charge on any atom is -0.466 e. The van der Waals surface area contributed by atoms with Crippen molar-refractivity contribution in [3.8, 4) is 0 Å². The van der Waals surface area contributed by atoms with Crippen molar-refractivity contribution in [2.45, 2.75) is 321 Å². The molecule has 0 heterocycles. The Morgan fingerprint density at radius 3 is 1.15 bits per heavy atom. The van der Waals surface area contributed by atoms with E-state index in [1.165, 1.54) is 218 Å². The number of aliphatic hydroxyl groups is 2. The maximum Gasteiger partial charge on any atom is 0.305 e. The van der Waals surface area contributed by atoms with E-state index < -0.39 is 12.1 Å². The Morgan fingerprint density at radius 2 is 0.735 bits per heavy atom. The van der Waals surface area contributed by atoms with Gasteiger partial charge in [-0.2, -0.15) is 0 Å². The second kappa shape index (κ2) is 57.4. The molecule has 3 N–H and O–H groups in total. The molecule has 398 valence electrons. The van der Waals surface area contributed by atoms with E-state index in [1.807, 2.05) is 0 Å². The van der Waals surface area contributed by atoms with Gasteiger partial charge >= 0.3 is 5.97 Å². The second-order valence-electron chi connectivity index (χ2n) is 20.3. The summed E-state index contributed by atoms with van der Waals surface area (Å²) in [5.41, 5.74) is 0. The van der Waals surface area contributed by atoms with Gasteiger partial charge in [-0.25, -0.2) is 0 Å². The number of nitrogens with one attached hydrogen (secondary N) is 1. The smallest absolute Gasteiger partial charge is 0.305 e. The molecule has 2 atom stereocenters. The summed E-state index contributed by atoms with van der Waals surface area (Å²) < 4.78 is 5.48. The average molecular weight is 955 g/mol. The number of ether oxygens (including phenoxy) is 1. The lowest BCUT2D eigenvalue weighted by atomic mass is 10.0. The summed E-state index contributed by atoms with van der Waals surface area (Å²) in [5, 5.41) is 23.1. The van der Waals surface area contributed by atoms with Gasteiger partial charge in [0.15, 0.2) is 0 Å². The number of rotatable bonds is 55. The van der Waals surface area contributed by atoms with Crippen molar-refractivity contribution in [2.75, 3.05) is 13.2 Å². The molecule has 0 saturated heterocycles. The van der Waals surface area contributed by atoms with Crippen molar-refractivity contribution in [3.05, 3.63) is 48.6 Å². The Bertz CT molecular complexity index is 1150. The van der Waals surface area contributed by atoms with Gasteiger partial charge in [-0.15, -0.1) is 0 Å². The number of esters is 1. The van der Waals surface area contributed by atoms with Gasteiger partial charge < -0.3 is 20.3 Å². The Morgan fingerprint density at radius 1 is 0.412 bits per heavy atom. The van der Waals surface area contributed by atoms with Crippen LogP contribution in [0.1, 0.15) is 309 Å². The first-order chi connectivity index (χ1) is 33.5. The average Bonchev–Trinajstić information content (AvgIpc) is 3.34. The molecule has 0 fully saturated rings. The van der Waals surface area contributed by atoms with Crippen LogP contribution in [0.2, 0.25) is 0 Å². The van der Waals surface area contributed by atoms with Crippen LogP contribution in [0.4, 0.5) is 0 Å². The molecule has 2 unspecified atom stereocenters. The van der Waals surface area contributed by atoms with Crippen molar-refractivity contribution in [1.29, 1.82) is 0 Å². The van der Waals surface area contributed by atoms with Gasteiger partial charge in [0.1, 0.15) is 0 Å². The molecular weight excluding hydrogens is 839 g/mol. The van der Waals surface area contributed by atoms with Crippen LogP contribution in [0.5, 0.6) is 0 Å². The second-order valence-corrected chi connectivity index (χ2v) is 20.3. The van der Waals surface area contributed by atoms with Crippen LogP contribution >= 0.6 is 0 Å². The fourth-order valence-corrected chi connectivity index (χ4v) is 8.99. The van der Waals surface area contributed by atoms with Crippen molar-refractivity contribution >= 4 is 11.9 Å². The number of aliphatic hydroxyl groups excluding tert-OH is 2. The molecule has 6 heteroatoms. The van der Waals surface area contributed by atoms with Gasteiger partial charge in [-0.05, 0) is 89.9 Å². The summed E-state index contributed by atoms with van der Waals surface area (Å²) in [5.74, 6) is -0.0433. The van der Waals surface area contributed by atoms with Gasteiger partial charge in [0, 0.05) is 12.8 Å². The maximum atomic E-state index is 12.4. The molecule has 0 radical (unpaired) electrons. The summed E-state index contributed by atoms with van der Waals surface area (Å²) in [7, 11) is 0. The quantitative estimate of drug-likeness (QED) is 0.0321. The highest BCUT2D eigenvalue weighted by atomic mass is 16.5. The van der Waals surface area contributed by atoms with Crippen LogP contribution in [0.15, 0.2) is 48.6 Å². The van der Waals surface area contributed by atoms with Crippen LogP contribution in [-0.4, -0.2) is 47.4 Å². The summed E-state index contributed by atoms with van der Waals surface area (Å²) in [6.07, 6.45) is 72.6. The zero-order valence-electron chi connectivity index (χ0n) is 45.3. The highest BCUT2D eigenvalue weighted by Crippen LogP contribution is 2.16. The minimum absolute atomic E-state index is 0.000701. The van der Waals surface area contributed by atoms with E-state index in [0.29, 0.717) is 25.9 Å². The molecule has 0 bridgehead atoms. The molecule has 0 aromatic carbocycles. The van der Waals surface area contributed by atoms with Crippen molar-refractivity contribution in [2.24, 2.45) is 0 Å². The van der Waals surface area contributed by atoms with Crippen LogP contribution in [0, 0.1) is 0 Å². The Balaban J connectivity index is 3.41. The fourth-order valence-electron chi connectivity index (χ4n) is 8.99. The Kier molecular flexibility index (Phi) is 55.6. The van der Waals surface area contributed by atoms with E-state index in [9.17, 15) is 19.8 Å². The van der Waals surface area contributed by atoms with E-state index in [0.717, 1.165) is 57.8 Å². The third-order valence-electron chi connectivity index (χ3n) is 13.6. The normalized spacial score (nSPS) is 12.9. The molecule has 0 aliphatic rings. The molecule has 0 aromatic rings. The van der Waals surface area contributed by atoms with Crippen LogP contribution < -0.4 is 5.32 Å². The van der Waals surface area contributed by atoms with E-state index in [-0.39, 0.29) is 18.5 Å². The third-order valence-corrected chi connectivity index (χ3v) is 13.6. The van der Waals surface area contributed by atoms with E-state index >= 15 is 0 Å². The largest absolute Gasteiger partial charge is 0.466 e. The number of amides is 1. The molecule has 68 heavy (non-hydrogen) atoms. The van der Waals surface area contributed by atoms with Crippen molar-refractivity contribution in [1.82, 2.24) is 5.32 Å². The van der Waals surface area contributed by atoms with E-state index in [2.05, 4.69) is 67.8 Å². The number of allylic oxidation sites excluding steroid dienone is 8. The van der Waals surface area contributed by atoms with E-state index in [4.69, 9.17) is 4.74 Å². The minimum atomic E-state index is -0.666. The molecule has 6 nitrogen and oxygen atoms in total. The molecular formula is C62H115NO5. The Hall–Kier alpha value is -2.18. The van der Waals surface area contributed by atoms with Gasteiger partial charge in [0.2, 0.25) is 5.91 Å². The highest BCUT2D eigenvalue weighted by Gasteiger charge is 2.20. The molecule has 0 aromatic heterocycles. The maximum absolute atomic E-state index is 12.4. The first-order valence-electron chi connectivity index (χ1n) is 29.9.